The molecule has 2 unspecified atom stereocenters. The first-order valence-corrected chi connectivity index (χ1v) is 13.1. The van der Waals surface area contributed by atoms with Gasteiger partial charge in [-0.3, -0.25) is 0 Å². The smallest absolute Gasteiger partial charge is 0.104 e. The van der Waals surface area contributed by atoms with Crippen LogP contribution in [0.15, 0.2) is 0 Å². The Bertz CT molecular complexity index is 432. The van der Waals surface area contributed by atoms with E-state index in [1.54, 1.807) is 0 Å². The molecule has 224 valence electrons. The van der Waals surface area contributed by atoms with Crippen molar-refractivity contribution in [2.24, 2.45) is 10.8 Å². The molecular formula is C25H52O12. The van der Waals surface area contributed by atoms with E-state index in [2.05, 4.69) is 0 Å². The monoisotopic (exact) mass is 544 g/mol. The molecule has 0 spiro atoms. The van der Waals surface area contributed by atoms with Crippen molar-refractivity contribution in [3.05, 3.63) is 0 Å². The fourth-order valence-electron chi connectivity index (χ4n) is 3.31. The lowest BCUT2D eigenvalue weighted by Crippen LogP contribution is -2.44. The average molecular weight is 545 g/mol. The van der Waals surface area contributed by atoms with Crippen molar-refractivity contribution < 1.29 is 59.4 Å². The maximum atomic E-state index is 9.54. The van der Waals surface area contributed by atoms with Crippen LogP contribution in [-0.4, -0.2) is 146 Å². The van der Waals surface area contributed by atoms with E-state index in [-0.39, 0.29) is 92.0 Å². The minimum atomic E-state index is -0.771. The van der Waals surface area contributed by atoms with Gasteiger partial charge in [0.05, 0.1) is 92.0 Å². The topological polar surface area (TPSA) is 188 Å². The fraction of sp³-hybridized carbons (Fsp3) is 1.00. The second kappa shape index (κ2) is 21.4. The molecule has 37 heavy (non-hydrogen) atoms. The third kappa shape index (κ3) is 13.9. The maximum Gasteiger partial charge on any atom is 0.104 e. The molecule has 0 amide bonds. The van der Waals surface area contributed by atoms with Crippen LogP contribution in [-0.2, 0) is 23.7 Å². The molecule has 7 N–H and O–H groups in total. The molecule has 0 bridgehead atoms. The number of ether oxygens (including phenoxy) is 5. The van der Waals surface area contributed by atoms with Gasteiger partial charge >= 0.3 is 0 Å². The van der Waals surface area contributed by atoms with Crippen LogP contribution in [0.5, 0.6) is 0 Å². The number of hydrogen-bond donors (Lipinski definition) is 7. The Morgan fingerprint density at radius 1 is 0.432 bits per heavy atom. The van der Waals surface area contributed by atoms with Crippen LogP contribution in [0, 0.1) is 10.8 Å². The lowest BCUT2D eigenvalue weighted by atomic mass is 9.86. The fourth-order valence-corrected chi connectivity index (χ4v) is 3.31. The highest BCUT2D eigenvalue weighted by atomic mass is 16.5. The van der Waals surface area contributed by atoms with Gasteiger partial charge in [0.25, 0.3) is 0 Å². The van der Waals surface area contributed by atoms with Crippen molar-refractivity contribution in [3.8, 4) is 0 Å². The predicted molar refractivity (Wildman–Crippen MR) is 135 cm³/mol. The van der Waals surface area contributed by atoms with Crippen molar-refractivity contribution in [1.82, 2.24) is 0 Å². The summed E-state index contributed by atoms with van der Waals surface area (Å²) in [5.74, 6) is 0. The van der Waals surface area contributed by atoms with Gasteiger partial charge in [0, 0.05) is 10.8 Å². The van der Waals surface area contributed by atoms with E-state index in [1.807, 2.05) is 20.8 Å². The van der Waals surface area contributed by atoms with Crippen molar-refractivity contribution in [2.45, 2.75) is 64.4 Å². The van der Waals surface area contributed by atoms with Crippen molar-refractivity contribution in [3.63, 3.8) is 0 Å². The molecular weight excluding hydrogens is 492 g/mol. The Labute approximate surface area is 221 Å². The highest BCUT2D eigenvalue weighted by Crippen LogP contribution is 2.30. The Balaban J connectivity index is 5.62. The van der Waals surface area contributed by atoms with Crippen LogP contribution >= 0.6 is 0 Å². The zero-order chi connectivity index (χ0) is 28.2. The Morgan fingerprint density at radius 3 is 0.919 bits per heavy atom. The summed E-state index contributed by atoms with van der Waals surface area (Å²) in [6.07, 6.45) is -0.902. The van der Waals surface area contributed by atoms with Gasteiger partial charge in [0.15, 0.2) is 0 Å². The van der Waals surface area contributed by atoms with E-state index in [0.29, 0.717) is 19.3 Å². The summed E-state index contributed by atoms with van der Waals surface area (Å²) in [5.41, 5.74) is -1.37. The molecule has 2 atom stereocenters. The molecule has 0 heterocycles. The van der Waals surface area contributed by atoms with E-state index in [9.17, 15) is 35.7 Å². The first-order chi connectivity index (χ1) is 17.8. The average Bonchev–Trinajstić information content (AvgIpc) is 2.94. The van der Waals surface area contributed by atoms with Gasteiger partial charge in [0.2, 0.25) is 0 Å². The zero-order valence-electron chi connectivity index (χ0n) is 22.8. The third-order valence-electron chi connectivity index (χ3n) is 6.70. The lowest BCUT2D eigenvalue weighted by Gasteiger charge is -2.38. The van der Waals surface area contributed by atoms with Gasteiger partial charge in [-0.15, -0.1) is 0 Å². The minimum Gasteiger partial charge on any atom is -0.394 e. The van der Waals surface area contributed by atoms with E-state index >= 15 is 0 Å². The Kier molecular flexibility index (Phi) is 21.1. The van der Waals surface area contributed by atoms with Crippen LogP contribution in [0.2, 0.25) is 0 Å². The Hall–Kier alpha value is -0.480. The zero-order valence-corrected chi connectivity index (χ0v) is 22.8. The molecule has 0 aromatic carbocycles. The van der Waals surface area contributed by atoms with Gasteiger partial charge in [-0.05, 0) is 19.3 Å². The van der Waals surface area contributed by atoms with Crippen LogP contribution < -0.4 is 0 Å². The number of rotatable bonds is 26. The van der Waals surface area contributed by atoms with Gasteiger partial charge < -0.3 is 59.4 Å². The molecule has 0 aliphatic rings. The molecule has 0 fully saturated rings. The summed E-state index contributed by atoms with van der Waals surface area (Å²) in [6, 6.07) is 0. The molecule has 12 heteroatoms. The molecule has 0 saturated carbocycles. The third-order valence-corrected chi connectivity index (χ3v) is 6.70. The normalized spacial score (nSPS) is 15.2. The molecule has 0 saturated heterocycles. The second-order valence-electron chi connectivity index (χ2n) is 9.62. The quantitative estimate of drug-likeness (QED) is 0.0682. The summed E-state index contributed by atoms with van der Waals surface area (Å²) in [4.78, 5) is 0. The van der Waals surface area contributed by atoms with Gasteiger partial charge in [-0.25, -0.2) is 0 Å². The predicted octanol–water partition coefficient (Wildman–Crippen LogP) is -1.31. The largest absolute Gasteiger partial charge is 0.394 e. The van der Waals surface area contributed by atoms with Crippen LogP contribution in [0.25, 0.3) is 0 Å². The second-order valence-corrected chi connectivity index (χ2v) is 9.62. The number of hydrogen-bond acceptors (Lipinski definition) is 12. The standard InChI is InChI=1S/C25H52O12/c1-4-20(7-26)34-16-24(5-2,17-35-21(8-27)9-28)14-33-15-25(6-3,18-36-22(10-29)11-30)19-37-23(12-31)13-32/h20-23,26-32H,4-19H2,1-3H3. The van der Waals surface area contributed by atoms with E-state index in [4.69, 9.17) is 23.7 Å². The van der Waals surface area contributed by atoms with Crippen LogP contribution in [0.1, 0.15) is 40.0 Å². The molecule has 0 radical (unpaired) electrons. The van der Waals surface area contributed by atoms with Crippen LogP contribution in [0.3, 0.4) is 0 Å². The maximum absolute atomic E-state index is 9.54. The van der Waals surface area contributed by atoms with Gasteiger partial charge in [-0.2, -0.15) is 0 Å². The highest BCUT2D eigenvalue weighted by Gasteiger charge is 2.36. The SMILES string of the molecule is CCC(CO)OCC(CC)(COCC(CC)(COC(CO)CO)COC(CO)CO)COC(CO)CO. The molecule has 0 aliphatic heterocycles. The molecule has 0 aromatic heterocycles. The first kappa shape index (κ1) is 36.5. The molecule has 0 aromatic rings. The van der Waals surface area contributed by atoms with E-state index < -0.39 is 29.1 Å². The Morgan fingerprint density at radius 2 is 0.703 bits per heavy atom. The highest BCUT2D eigenvalue weighted by molar-refractivity contribution is 4.83. The summed E-state index contributed by atoms with van der Waals surface area (Å²) in [7, 11) is 0. The van der Waals surface area contributed by atoms with Gasteiger partial charge in [0.1, 0.15) is 18.3 Å². The summed E-state index contributed by atoms with van der Waals surface area (Å²) in [6.45, 7) is 4.38. The van der Waals surface area contributed by atoms with Crippen molar-refractivity contribution >= 4 is 0 Å². The van der Waals surface area contributed by atoms with Gasteiger partial charge in [-0.1, -0.05) is 20.8 Å². The number of aliphatic hydroxyl groups excluding tert-OH is 7. The summed E-state index contributed by atoms with van der Waals surface area (Å²) >= 11 is 0. The lowest BCUT2D eigenvalue weighted by molar-refractivity contribution is -0.151. The minimum absolute atomic E-state index is 0.0878. The molecule has 0 aliphatic carbocycles. The number of aliphatic hydroxyl groups is 7. The van der Waals surface area contributed by atoms with Crippen LogP contribution in [0.4, 0.5) is 0 Å². The molecule has 12 nitrogen and oxygen atoms in total. The first-order valence-electron chi connectivity index (χ1n) is 13.1. The van der Waals surface area contributed by atoms with Crippen molar-refractivity contribution in [1.29, 1.82) is 0 Å². The van der Waals surface area contributed by atoms with E-state index in [0.717, 1.165) is 0 Å². The van der Waals surface area contributed by atoms with E-state index in [1.165, 1.54) is 0 Å². The summed E-state index contributed by atoms with van der Waals surface area (Å²) in [5, 5.41) is 66.0. The van der Waals surface area contributed by atoms with Crippen molar-refractivity contribution in [2.75, 3.05) is 85.9 Å². The molecule has 0 rings (SSSR count). The summed E-state index contributed by atoms with van der Waals surface area (Å²) < 4.78 is 29.3.